The van der Waals surface area contributed by atoms with Crippen molar-refractivity contribution in [3.63, 3.8) is 0 Å². The van der Waals surface area contributed by atoms with Gasteiger partial charge in [0.15, 0.2) is 0 Å². The SMILES string of the molecule is COC[C@H]1CN(Cc2cc3cc(Cl)ccc3[nH]2)CC(=O)N1Cc1ccc2c(N)ncnc2c1. The molecule has 5 rings (SSSR count). The zero-order chi connectivity index (χ0) is 22.9. The first kappa shape index (κ1) is 21.6. The number of rotatable bonds is 6. The Labute approximate surface area is 196 Å². The molecule has 1 aliphatic heterocycles. The Hall–Kier alpha value is -3.20. The number of ether oxygens (including phenoxy) is 1. The van der Waals surface area contributed by atoms with Crippen LogP contribution < -0.4 is 5.73 Å². The second-order valence-electron chi connectivity index (χ2n) is 8.44. The number of nitrogen functional groups attached to an aromatic ring is 1. The van der Waals surface area contributed by atoms with E-state index in [1.165, 1.54) is 6.33 Å². The normalized spacial score (nSPS) is 17.3. The average Bonchev–Trinajstić information content (AvgIpc) is 3.17. The predicted octanol–water partition coefficient (Wildman–Crippen LogP) is 3.21. The minimum atomic E-state index is -0.0544. The van der Waals surface area contributed by atoms with Crippen molar-refractivity contribution in [1.82, 2.24) is 24.8 Å². The van der Waals surface area contributed by atoms with Crippen molar-refractivity contribution >= 4 is 45.1 Å². The number of nitrogens with two attached hydrogens (primary N) is 1. The number of benzene rings is 2. The van der Waals surface area contributed by atoms with Gasteiger partial charge in [0.05, 0.1) is 24.7 Å². The van der Waals surface area contributed by atoms with E-state index in [9.17, 15) is 4.79 Å². The molecule has 3 N–H and O–H groups in total. The number of anilines is 1. The molecule has 2 aromatic carbocycles. The second kappa shape index (κ2) is 8.97. The number of carbonyl (C=O) groups is 1. The predicted molar refractivity (Wildman–Crippen MR) is 129 cm³/mol. The van der Waals surface area contributed by atoms with Crippen molar-refractivity contribution in [2.24, 2.45) is 0 Å². The van der Waals surface area contributed by atoms with Crippen molar-refractivity contribution < 1.29 is 9.53 Å². The first-order valence-electron chi connectivity index (χ1n) is 10.8. The molecule has 170 valence electrons. The van der Waals surface area contributed by atoms with Gasteiger partial charge in [0.1, 0.15) is 12.1 Å². The van der Waals surface area contributed by atoms with Gasteiger partial charge in [-0.2, -0.15) is 0 Å². The lowest BCUT2D eigenvalue weighted by molar-refractivity contribution is -0.142. The Bertz CT molecular complexity index is 1320. The third kappa shape index (κ3) is 4.50. The number of amides is 1. The Balaban J connectivity index is 1.33. The largest absolute Gasteiger partial charge is 0.383 e. The Morgan fingerprint density at radius 2 is 2.06 bits per heavy atom. The van der Waals surface area contributed by atoms with E-state index in [4.69, 9.17) is 22.1 Å². The van der Waals surface area contributed by atoms with Crippen LogP contribution >= 0.6 is 11.6 Å². The number of hydrogen-bond acceptors (Lipinski definition) is 6. The summed E-state index contributed by atoms with van der Waals surface area (Å²) in [4.78, 5) is 29.0. The van der Waals surface area contributed by atoms with E-state index >= 15 is 0 Å². The molecule has 0 unspecified atom stereocenters. The number of carbonyl (C=O) groups excluding carboxylic acids is 1. The van der Waals surface area contributed by atoms with Crippen molar-refractivity contribution in [2.45, 2.75) is 19.1 Å². The molecule has 33 heavy (non-hydrogen) atoms. The molecule has 0 aliphatic carbocycles. The van der Waals surface area contributed by atoms with Crippen LogP contribution in [0.15, 0.2) is 48.8 Å². The summed E-state index contributed by atoms with van der Waals surface area (Å²) < 4.78 is 5.46. The standard InChI is InChI=1S/C24H25ClN6O2/c1-33-13-19-11-30(10-18-8-16-7-17(25)3-5-21(16)29-18)12-23(32)31(19)9-15-2-4-20-22(6-15)27-14-28-24(20)26/h2-8,14,19,29H,9-13H2,1H3,(H2,26,27,28)/t19-/m1/s1. The van der Waals surface area contributed by atoms with Crippen LogP contribution in [0.2, 0.25) is 5.02 Å². The number of hydrogen-bond donors (Lipinski definition) is 2. The van der Waals surface area contributed by atoms with Crippen LogP contribution in [0.3, 0.4) is 0 Å². The van der Waals surface area contributed by atoms with Crippen LogP contribution in [-0.4, -0.2) is 63.5 Å². The van der Waals surface area contributed by atoms with E-state index < -0.39 is 0 Å². The summed E-state index contributed by atoms with van der Waals surface area (Å²) in [5.41, 5.74) is 9.79. The molecule has 0 spiro atoms. The first-order valence-corrected chi connectivity index (χ1v) is 11.1. The fraction of sp³-hybridized carbons (Fsp3) is 0.292. The van der Waals surface area contributed by atoms with E-state index in [1.807, 2.05) is 41.3 Å². The van der Waals surface area contributed by atoms with Gasteiger partial charge >= 0.3 is 0 Å². The maximum atomic E-state index is 13.2. The number of H-pyrrole nitrogens is 1. The van der Waals surface area contributed by atoms with Crippen molar-refractivity contribution in [3.8, 4) is 0 Å². The Morgan fingerprint density at radius 3 is 2.91 bits per heavy atom. The van der Waals surface area contributed by atoms with Crippen molar-refractivity contribution in [1.29, 1.82) is 0 Å². The Kier molecular flexibility index (Phi) is 5.88. The van der Waals surface area contributed by atoms with E-state index in [0.29, 0.717) is 37.1 Å². The number of fused-ring (bicyclic) bond motifs is 2. The van der Waals surface area contributed by atoms with Gasteiger partial charge in [-0.05, 0) is 42.0 Å². The van der Waals surface area contributed by atoms with Gasteiger partial charge in [0, 0.05) is 53.7 Å². The summed E-state index contributed by atoms with van der Waals surface area (Å²) in [5.74, 6) is 0.525. The summed E-state index contributed by atoms with van der Waals surface area (Å²) in [6, 6.07) is 13.7. The number of aromatic amines is 1. The third-order valence-electron chi connectivity index (χ3n) is 6.07. The van der Waals surface area contributed by atoms with Gasteiger partial charge < -0.3 is 20.4 Å². The van der Waals surface area contributed by atoms with E-state index in [-0.39, 0.29) is 11.9 Å². The molecule has 8 nitrogen and oxygen atoms in total. The van der Waals surface area contributed by atoms with Crippen LogP contribution in [0.1, 0.15) is 11.3 Å². The zero-order valence-corrected chi connectivity index (χ0v) is 19.0. The second-order valence-corrected chi connectivity index (χ2v) is 8.87. The third-order valence-corrected chi connectivity index (χ3v) is 6.30. The van der Waals surface area contributed by atoms with Gasteiger partial charge in [0.25, 0.3) is 0 Å². The van der Waals surface area contributed by atoms with E-state index in [2.05, 4.69) is 25.9 Å². The highest BCUT2D eigenvalue weighted by Gasteiger charge is 2.32. The number of aromatic nitrogens is 3. The van der Waals surface area contributed by atoms with Crippen LogP contribution in [0.5, 0.6) is 0 Å². The molecular weight excluding hydrogens is 440 g/mol. The molecule has 1 aliphatic rings. The highest BCUT2D eigenvalue weighted by atomic mass is 35.5. The summed E-state index contributed by atoms with van der Waals surface area (Å²) in [6.07, 6.45) is 1.46. The zero-order valence-electron chi connectivity index (χ0n) is 18.3. The fourth-order valence-corrected chi connectivity index (χ4v) is 4.71. The lowest BCUT2D eigenvalue weighted by Crippen LogP contribution is -2.57. The van der Waals surface area contributed by atoms with Crippen LogP contribution in [-0.2, 0) is 22.6 Å². The van der Waals surface area contributed by atoms with Crippen molar-refractivity contribution in [3.05, 3.63) is 65.1 Å². The first-order chi connectivity index (χ1) is 16.0. The van der Waals surface area contributed by atoms with Gasteiger partial charge in [-0.1, -0.05) is 17.7 Å². The molecular formula is C24H25ClN6O2. The molecule has 1 fully saturated rings. The maximum Gasteiger partial charge on any atom is 0.237 e. The highest BCUT2D eigenvalue weighted by molar-refractivity contribution is 6.31. The number of nitrogens with zero attached hydrogens (tertiary/aromatic N) is 4. The molecule has 2 aromatic heterocycles. The summed E-state index contributed by atoms with van der Waals surface area (Å²) >= 11 is 6.11. The van der Waals surface area contributed by atoms with Crippen LogP contribution in [0, 0.1) is 0 Å². The molecule has 0 radical (unpaired) electrons. The monoisotopic (exact) mass is 464 g/mol. The maximum absolute atomic E-state index is 13.2. The minimum absolute atomic E-state index is 0.0544. The van der Waals surface area contributed by atoms with Gasteiger partial charge in [-0.3, -0.25) is 9.69 Å². The number of halogens is 1. The van der Waals surface area contributed by atoms with E-state index in [1.54, 1.807) is 7.11 Å². The molecule has 9 heteroatoms. The van der Waals surface area contributed by atoms with Crippen LogP contribution in [0.4, 0.5) is 5.82 Å². The molecule has 0 bridgehead atoms. The average molecular weight is 465 g/mol. The number of piperazine rings is 1. The quantitative estimate of drug-likeness (QED) is 0.454. The number of methoxy groups -OCH3 is 1. The topological polar surface area (TPSA) is 100 Å². The molecule has 3 heterocycles. The fourth-order valence-electron chi connectivity index (χ4n) is 4.53. The molecule has 4 aromatic rings. The van der Waals surface area contributed by atoms with Crippen LogP contribution in [0.25, 0.3) is 21.8 Å². The summed E-state index contributed by atoms with van der Waals surface area (Å²) in [7, 11) is 1.67. The summed E-state index contributed by atoms with van der Waals surface area (Å²) in [5, 5.41) is 2.59. The van der Waals surface area contributed by atoms with Gasteiger partial charge in [-0.25, -0.2) is 9.97 Å². The summed E-state index contributed by atoms with van der Waals surface area (Å²) in [6.45, 7) is 2.67. The highest BCUT2D eigenvalue weighted by Crippen LogP contribution is 2.24. The lowest BCUT2D eigenvalue weighted by atomic mass is 10.1. The molecule has 1 saturated heterocycles. The smallest absolute Gasteiger partial charge is 0.237 e. The van der Waals surface area contributed by atoms with Gasteiger partial charge in [-0.15, -0.1) is 0 Å². The van der Waals surface area contributed by atoms with E-state index in [0.717, 1.165) is 39.6 Å². The lowest BCUT2D eigenvalue weighted by Gasteiger charge is -2.40. The van der Waals surface area contributed by atoms with Crippen molar-refractivity contribution in [2.75, 3.05) is 32.5 Å². The number of nitrogens with one attached hydrogen (secondary N) is 1. The Morgan fingerprint density at radius 1 is 1.18 bits per heavy atom. The molecule has 0 saturated carbocycles. The molecule has 1 atom stereocenters. The molecule has 1 amide bonds. The minimum Gasteiger partial charge on any atom is -0.383 e. The van der Waals surface area contributed by atoms with Gasteiger partial charge in [0.2, 0.25) is 5.91 Å².